The second-order valence-corrected chi connectivity index (χ2v) is 9.98. The van der Waals surface area contributed by atoms with Crippen molar-refractivity contribution in [3.05, 3.63) is 0 Å². The van der Waals surface area contributed by atoms with Gasteiger partial charge in [-0.1, -0.05) is 42.9 Å². The Morgan fingerprint density at radius 1 is 1.36 bits per heavy atom. The average Bonchev–Trinajstić information content (AvgIpc) is 2.00. The molecule has 1 aliphatic rings. The Balaban J connectivity index is 2.09. The van der Waals surface area contributed by atoms with Gasteiger partial charge in [0.1, 0.15) is 0 Å². The van der Waals surface area contributed by atoms with E-state index in [9.17, 15) is 0 Å². The lowest BCUT2D eigenvalue weighted by molar-refractivity contribution is 0.0600. The third kappa shape index (κ3) is 3.67. The molecule has 0 N–H and O–H groups in total. The van der Waals surface area contributed by atoms with E-state index in [2.05, 4.69) is 42.9 Å². The van der Waals surface area contributed by atoms with Crippen LogP contribution in [0.1, 0.15) is 26.7 Å². The summed E-state index contributed by atoms with van der Waals surface area (Å²) in [7, 11) is -0.242. The van der Waals surface area contributed by atoms with Crippen molar-refractivity contribution in [1.82, 2.24) is 0 Å². The van der Waals surface area contributed by atoms with Crippen molar-refractivity contribution in [1.29, 1.82) is 0 Å². The highest BCUT2D eigenvalue weighted by Crippen LogP contribution is 2.34. The molecule has 1 fully saturated rings. The van der Waals surface area contributed by atoms with Crippen molar-refractivity contribution in [2.24, 2.45) is 5.92 Å². The topological polar surface area (TPSA) is 9.23 Å². The zero-order valence-electron chi connectivity index (χ0n) is 9.77. The van der Waals surface area contributed by atoms with Gasteiger partial charge in [0.05, 0.1) is 8.80 Å². The maximum absolute atomic E-state index is 5.82. The molecule has 1 saturated carbocycles. The fraction of sp³-hybridized carbons (Fsp3) is 1.00. The second kappa shape index (κ2) is 5.13. The molecule has 0 unspecified atom stereocenters. The van der Waals surface area contributed by atoms with Gasteiger partial charge in [0.25, 0.3) is 0 Å². The number of hydrogen-bond donors (Lipinski definition) is 0. The first-order valence-electron chi connectivity index (χ1n) is 5.44. The largest absolute Gasteiger partial charge is 0.381 e. The van der Waals surface area contributed by atoms with Gasteiger partial charge in [-0.25, -0.2) is 0 Å². The highest BCUT2D eigenvalue weighted by Gasteiger charge is 2.28. The van der Waals surface area contributed by atoms with Crippen LogP contribution in [0.3, 0.4) is 0 Å². The zero-order chi connectivity index (χ0) is 10.8. The lowest BCUT2D eigenvalue weighted by Crippen LogP contribution is -2.31. The van der Waals surface area contributed by atoms with Crippen molar-refractivity contribution in [3.8, 4) is 0 Å². The standard InChI is InChI=1S/C11H22BrOSi/c1-11(2,14(3)4)8-13-7-9-5-10(12)6-9/h9-10H,5-8H2,1-4H3. The summed E-state index contributed by atoms with van der Waals surface area (Å²) < 4.78 is 5.82. The van der Waals surface area contributed by atoms with Gasteiger partial charge in [-0.2, -0.15) is 0 Å². The van der Waals surface area contributed by atoms with Crippen LogP contribution >= 0.6 is 15.9 Å². The molecule has 3 heteroatoms. The van der Waals surface area contributed by atoms with E-state index < -0.39 is 0 Å². The summed E-state index contributed by atoms with van der Waals surface area (Å²) in [4.78, 5) is 0.765. The second-order valence-electron chi connectivity index (χ2n) is 5.33. The van der Waals surface area contributed by atoms with Gasteiger partial charge in [-0.05, 0) is 23.8 Å². The van der Waals surface area contributed by atoms with Crippen molar-refractivity contribution >= 4 is 24.7 Å². The van der Waals surface area contributed by atoms with Gasteiger partial charge < -0.3 is 4.74 Å². The van der Waals surface area contributed by atoms with Gasteiger partial charge in [-0.3, -0.25) is 0 Å². The Hall–Kier alpha value is 0.657. The van der Waals surface area contributed by atoms with Gasteiger partial charge in [0, 0.05) is 18.0 Å². The van der Waals surface area contributed by atoms with E-state index in [4.69, 9.17) is 4.74 Å². The van der Waals surface area contributed by atoms with Gasteiger partial charge in [0.15, 0.2) is 0 Å². The van der Waals surface area contributed by atoms with E-state index in [1.165, 1.54) is 12.8 Å². The summed E-state index contributed by atoms with van der Waals surface area (Å²) in [6.45, 7) is 11.3. The SMILES string of the molecule is C[Si](C)C(C)(C)COCC1CC(Br)C1. The van der Waals surface area contributed by atoms with E-state index >= 15 is 0 Å². The fourth-order valence-corrected chi connectivity index (χ4v) is 2.86. The molecule has 1 radical (unpaired) electrons. The molecule has 83 valence electrons. The molecule has 1 aliphatic carbocycles. The molecule has 1 rings (SSSR count). The summed E-state index contributed by atoms with van der Waals surface area (Å²) in [5, 5.41) is 0.419. The van der Waals surface area contributed by atoms with Crippen LogP contribution in [0, 0.1) is 5.92 Å². The molecule has 0 amide bonds. The minimum Gasteiger partial charge on any atom is -0.381 e. The van der Waals surface area contributed by atoms with Crippen molar-refractivity contribution < 1.29 is 4.74 Å². The smallest absolute Gasteiger partial charge is 0.0503 e. The Morgan fingerprint density at radius 3 is 2.36 bits per heavy atom. The molecule has 0 aliphatic heterocycles. The first kappa shape index (κ1) is 12.7. The molecule has 0 saturated heterocycles. The van der Waals surface area contributed by atoms with Crippen LogP contribution in [-0.4, -0.2) is 26.8 Å². The third-order valence-electron chi connectivity index (χ3n) is 3.35. The number of alkyl halides is 1. The highest BCUT2D eigenvalue weighted by atomic mass is 79.9. The molecule has 14 heavy (non-hydrogen) atoms. The molecule has 0 heterocycles. The molecule has 0 bridgehead atoms. The minimum atomic E-state index is -0.242. The van der Waals surface area contributed by atoms with Crippen LogP contribution in [-0.2, 0) is 4.74 Å². The summed E-state index contributed by atoms with van der Waals surface area (Å²) in [5.41, 5.74) is 0. The van der Waals surface area contributed by atoms with Crippen LogP contribution in [0.5, 0.6) is 0 Å². The van der Waals surface area contributed by atoms with E-state index in [-0.39, 0.29) is 8.80 Å². The lowest BCUT2D eigenvalue weighted by Gasteiger charge is -2.33. The molecule has 0 atom stereocenters. The van der Waals surface area contributed by atoms with Crippen LogP contribution in [0.25, 0.3) is 0 Å². The van der Waals surface area contributed by atoms with Crippen LogP contribution in [0.2, 0.25) is 18.1 Å². The maximum atomic E-state index is 5.82. The summed E-state index contributed by atoms with van der Waals surface area (Å²) in [5.74, 6) is 0.819. The van der Waals surface area contributed by atoms with E-state index in [0.29, 0.717) is 5.04 Å². The Labute approximate surface area is 98.3 Å². The molecule has 1 nitrogen and oxygen atoms in total. The fourth-order valence-electron chi connectivity index (χ4n) is 1.42. The van der Waals surface area contributed by atoms with Crippen LogP contribution in [0.15, 0.2) is 0 Å². The molecule has 0 spiro atoms. The quantitative estimate of drug-likeness (QED) is 0.550. The highest BCUT2D eigenvalue weighted by molar-refractivity contribution is 9.09. The normalized spacial score (nSPS) is 27.9. The molecular weight excluding hydrogens is 256 g/mol. The number of ether oxygens (including phenoxy) is 1. The van der Waals surface area contributed by atoms with E-state index in [1.54, 1.807) is 0 Å². The molecular formula is C11H22BrOSi. The van der Waals surface area contributed by atoms with Gasteiger partial charge >= 0.3 is 0 Å². The third-order valence-corrected chi connectivity index (χ3v) is 6.95. The van der Waals surface area contributed by atoms with Gasteiger partial charge in [0.2, 0.25) is 0 Å². The van der Waals surface area contributed by atoms with Crippen molar-refractivity contribution in [3.63, 3.8) is 0 Å². The molecule has 0 aromatic heterocycles. The van der Waals surface area contributed by atoms with Crippen molar-refractivity contribution in [2.75, 3.05) is 13.2 Å². The van der Waals surface area contributed by atoms with E-state index in [1.807, 2.05) is 0 Å². The van der Waals surface area contributed by atoms with Crippen LogP contribution < -0.4 is 0 Å². The maximum Gasteiger partial charge on any atom is 0.0503 e. The van der Waals surface area contributed by atoms with Crippen molar-refractivity contribution in [2.45, 2.75) is 49.6 Å². The monoisotopic (exact) mass is 277 g/mol. The zero-order valence-corrected chi connectivity index (χ0v) is 12.4. The first-order valence-corrected chi connectivity index (χ1v) is 8.86. The summed E-state index contributed by atoms with van der Waals surface area (Å²) in [6, 6.07) is 0. The molecule has 0 aromatic carbocycles. The predicted molar refractivity (Wildman–Crippen MR) is 67.8 cm³/mol. The average molecular weight is 278 g/mol. The number of halogens is 1. The Kier molecular flexibility index (Phi) is 4.66. The Bertz CT molecular complexity index is 176. The van der Waals surface area contributed by atoms with E-state index in [0.717, 1.165) is 24.0 Å². The Morgan fingerprint density at radius 2 is 1.93 bits per heavy atom. The number of rotatable bonds is 5. The van der Waals surface area contributed by atoms with Gasteiger partial charge in [-0.15, -0.1) is 0 Å². The first-order chi connectivity index (χ1) is 6.42. The molecule has 0 aromatic rings. The number of hydrogen-bond acceptors (Lipinski definition) is 1. The summed E-state index contributed by atoms with van der Waals surface area (Å²) in [6.07, 6.45) is 2.60. The van der Waals surface area contributed by atoms with Crippen LogP contribution in [0.4, 0.5) is 0 Å². The summed E-state index contributed by atoms with van der Waals surface area (Å²) >= 11 is 3.60. The minimum absolute atomic E-state index is 0.242. The lowest BCUT2D eigenvalue weighted by atomic mass is 9.86. The predicted octanol–water partition coefficient (Wildman–Crippen LogP) is 3.71.